The van der Waals surface area contributed by atoms with E-state index in [4.69, 9.17) is 9.94 Å². The minimum Gasteiger partial charge on any atom is -0.497 e. The van der Waals surface area contributed by atoms with Crippen LogP contribution in [0.15, 0.2) is 36.4 Å². The molecular formula is C18H21NO4. The number of ketones is 1. The van der Waals surface area contributed by atoms with E-state index in [0.29, 0.717) is 29.9 Å². The van der Waals surface area contributed by atoms with Crippen LogP contribution in [-0.2, 0) is 4.79 Å². The fourth-order valence-corrected chi connectivity index (χ4v) is 2.39. The van der Waals surface area contributed by atoms with Gasteiger partial charge in [0, 0.05) is 25.5 Å². The molecule has 0 saturated heterocycles. The highest BCUT2D eigenvalue weighted by Crippen LogP contribution is 2.22. The summed E-state index contributed by atoms with van der Waals surface area (Å²) in [5.74, 6) is 0.514. The maximum Gasteiger partial charge on any atom is 0.245 e. The molecule has 0 bridgehead atoms. The van der Waals surface area contributed by atoms with E-state index in [9.17, 15) is 9.59 Å². The summed E-state index contributed by atoms with van der Waals surface area (Å²) in [5, 5.41) is 11.6. The molecule has 0 fully saturated rings. The second-order valence-electron chi connectivity index (χ2n) is 5.48. The summed E-state index contributed by atoms with van der Waals surface area (Å²) < 4.78 is 5.19. The summed E-state index contributed by atoms with van der Waals surface area (Å²) in [5.41, 5.74) is 0.674. The Hall–Kier alpha value is -2.40. The van der Waals surface area contributed by atoms with Crippen LogP contribution in [0.3, 0.4) is 0 Å². The Morgan fingerprint density at radius 2 is 1.70 bits per heavy atom. The quantitative estimate of drug-likeness (QED) is 0.368. The SMILES string of the molecule is COc1ccc2cc(C(=O)CCCCC(=O)N(C)O)ccc2c1. The normalized spacial score (nSPS) is 10.6. The van der Waals surface area contributed by atoms with Gasteiger partial charge in [-0.05, 0) is 41.8 Å². The third-order valence-electron chi connectivity index (χ3n) is 3.77. The van der Waals surface area contributed by atoms with E-state index in [-0.39, 0.29) is 18.1 Å². The van der Waals surface area contributed by atoms with E-state index >= 15 is 0 Å². The monoisotopic (exact) mass is 315 g/mol. The predicted octanol–water partition coefficient (Wildman–Crippen LogP) is 3.44. The fraction of sp³-hybridized carbons (Fsp3) is 0.333. The minimum atomic E-state index is -0.336. The zero-order chi connectivity index (χ0) is 16.8. The van der Waals surface area contributed by atoms with E-state index in [2.05, 4.69) is 0 Å². The van der Waals surface area contributed by atoms with E-state index in [1.54, 1.807) is 7.11 Å². The van der Waals surface area contributed by atoms with Crippen molar-refractivity contribution in [2.45, 2.75) is 25.7 Å². The molecule has 0 spiro atoms. The number of hydrogen-bond acceptors (Lipinski definition) is 4. The van der Waals surface area contributed by atoms with Crippen molar-refractivity contribution in [1.82, 2.24) is 5.06 Å². The Morgan fingerprint density at radius 3 is 2.39 bits per heavy atom. The lowest BCUT2D eigenvalue weighted by molar-refractivity contribution is -0.159. The lowest BCUT2D eigenvalue weighted by atomic mass is 10.0. The van der Waals surface area contributed by atoms with Gasteiger partial charge >= 0.3 is 0 Å². The number of hydroxylamine groups is 2. The van der Waals surface area contributed by atoms with Gasteiger partial charge < -0.3 is 4.74 Å². The molecule has 2 rings (SSSR count). The number of carbonyl (C=O) groups excluding carboxylic acids is 2. The van der Waals surface area contributed by atoms with Gasteiger partial charge in [0.25, 0.3) is 0 Å². The highest BCUT2D eigenvalue weighted by atomic mass is 16.5. The first-order valence-electron chi connectivity index (χ1n) is 7.57. The van der Waals surface area contributed by atoms with Gasteiger partial charge in [0.05, 0.1) is 7.11 Å². The van der Waals surface area contributed by atoms with Crippen molar-refractivity contribution >= 4 is 22.5 Å². The molecule has 5 heteroatoms. The van der Waals surface area contributed by atoms with E-state index in [1.165, 1.54) is 7.05 Å². The first-order valence-corrected chi connectivity index (χ1v) is 7.57. The van der Waals surface area contributed by atoms with Crippen LogP contribution in [0.4, 0.5) is 0 Å². The molecule has 1 amide bonds. The Balaban J connectivity index is 1.94. The van der Waals surface area contributed by atoms with Gasteiger partial charge in [-0.25, -0.2) is 5.06 Å². The second kappa shape index (κ2) is 7.74. The fourth-order valence-electron chi connectivity index (χ4n) is 2.39. The molecule has 23 heavy (non-hydrogen) atoms. The number of ether oxygens (including phenoxy) is 1. The number of fused-ring (bicyclic) bond motifs is 1. The number of nitrogens with zero attached hydrogens (tertiary/aromatic N) is 1. The van der Waals surface area contributed by atoms with Crippen molar-refractivity contribution in [2.24, 2.45) is 0 Å². The van der Waals surface area contributed by atoms with Gasteiger partial charge in [-0.3, -0.25) is 14.8 Å². The third-order valence-corrected chi connectivity index (χ3v) is 3.77. The van der Waals surface area contributed by atoms with Crippen LogP contribution < -0.4 is 4.74 Å². The predicted molar refractivity (Wildman–Crippen MR) is 87.9 cm³/mol. The summed E-state index contributed by atoms with van der Waals surface area (Å²) in [6, 6.07) is 11.3. The van der Waals surface area contributed by atoms with Crippen molar-refractivity contribution in [3.05, 3.63) is 42.0 Å². The number of carbonyl (C=O) groups is 2. The Morgan fingerprint density at radius 1 is 1.04 bits per heavy atom. The van der Waals surface area contributed by atoms with E-state index in [0.717, 1.165) is 16.5 Å². The Kier molecular flexibility index (Phi) is 5.71. The van der Waals surface area contributed by atoms with E-state index in [1.807, 2.05) is 36.4 Å². The zero-order valence-electron chi connectivity index (χ0n) is 13.4. The molecule has 0 aliphatic carbocycles. The largest absolute Gasteiger partial charge is 0.497 e. The van der Waals surface area contributed by atoms with Gasteiger partial charge in [0.15, 0.2) is 5.78 Å². The molecule has 5 nitrogen and oxygen atoms in total. The van der Waals surface area contributed by atoms with Crippen LogP contribution in [0, 0.1) is 0 Å². The molecule has 2 aromatic carbocycles. The number of hydrogen-bond donors (Lipinski definition) is 1. The molecule has 1 N–H and O–H groups in total. The number of rotatable bonds is 7. The molecule has 122 valence electrons. The third kappa shape index (κ3) is 4.53. The molecule has 2 aromatic rings. The van der Waals surface area contributed by atoms with Crippen molar-refractivity contribution in [3.63, 3.8) is 0 Å². The number of unbranched alkanes of at least 4 members (excludes halogenated alkanes) is 1. The van der Waals surface area contributed by atoms with Gasteiger partial charge in [0.1, 0.15) is 5.75 Å². The van der Waals surface area contributed by atoms with Crippen molar-refractivity contribution in [2.75, 3.05) is 14.2 Å². The van der Waals surface area contributed by atoms with Gasteiger partial charge in [0.2, 0.25) is 5.91 Å². The van der Waals surface area contributed by atoms with Crippen LogP contribution in [0.5, 0.6) is 5.75 Å². The van der Waals surface area contributed by atoms with Crippen LogP contribution >= 0.6 is 0 Å². The first-order chi connectivity index (χ1) is 11.0. The van der Waals surface area contributed by atoms with Crippen molar-refractivity contribution in [3.8, 4) is 5.75 Å². The van der Waals surface area contributed by atoms with Gasteiger partial charge in [-0.2, -0.15) is 0 Å². The average Bonchev–Trinajstić information content (AvgIpc) is 2.57. The zero-order valence-corrected chi connectivity index (χ0v) is 13.4. The van der Waals surface area contributed by atoms with Crippen LogP contribution in [0.1, 0.15) is 36.0 Å². The van der Waals surface area contributed by atoms with Gasteiger partial charge in [-0.15, -0.1) is 0 Å². The number of benzene rings is 2. The second-order valence-corrected chi connectivity index (χ2v) is 5.48. The van der Waals surface area contributed by atoms with Crippen LogP contribution in [0.2, 0.25) is 0 Å². The maximum absolute atomic E-state index is 12.2. The van der Waals surface area contributed by atoms with Crippen LogP contribution in [0.25, 0.3) is 10.8 Å². The van der Waals surface area contributed by atoms with E-state index < -0.39 is 0 Å². The topological polar surface area (TPSA) is 66.8 Å². The summed E-state index contributed by atoms with van der Waals surface area (Å²) in [7, 11) is 2.93. The van der Waals surface area contributed by atoms with Crippen LogP contribution in [-0.4, -0.2) is 36.1 Å². The number of methoxy groups -OCH3 is 1. The lowest BCUT2D eigenvalue weighted by Crippen LogP contribution is -2.21. The molecule has 0 radical (unpaired) electrons. The van der Waals surface area contributed by atoms with Gasteiger partial charge in [-0.1, -0.05) is 18.2 Å². The molecule has 0 saturated carbocycles. The standard InChI is InChI=1S/C18H21NO4/c1-19(22)18(21)6-4-3-5-17(20)15-8-7-14-12-16(23-2)10-9-13(14)11-15/h7-12,22H,3-6H2,1-2H3. The first kappa shape index (κ1) is 17.0. The van der Waals surface area contributed by atoms with Crippen molar-refractivity contribution < 1.29 is 19.5 Å². The average molecular weight is 315 g/mol. The summed E-state index contributed by atoms with van der Waals surface area (Å²) >= 11 is 0. The molecule has 0 aliphatic rings. The highest BCUT2D eigenvalue weighted by molar-refractivity contribution is 6.00. The lowest BCUT2D eigenvalue weighted by Gasteiger charge is -2.08. The molecule has 0 aromatic heterocycles. The minimum absolute atomic E-state index is 0.0625. The maximum atomic E-state index is 12.2. The molecule has 0 heterocycles. The summed E-state index contributed by atoms with van der Waals surface area (Å²) in [6.07, 6.45) is 1.85. The Labute approximate surface area is 135 Å². The number of amides is 1. The summed E-state index contributed by atoms with van der Waals surface area (Å²) in [6.45, 7) is 0. The van der Waals surface area contributed by atoms with Crippen molar-refractivity contribution in [1.29, 1.82) is 0 Å². The molecule has 0 aliphatic heterocycles. The summed E-state index contributed by atoms with van der Waals surface area (Å²) in [4.78, 5) is 23.5. The molecule has 0 unspecified atom stereocenters. The number of Topliss-reactive ketones (excluding diaryl/α,β-unsaturated/α-hetero) is 1. The smallest absolute Gasteiger partial charge is 0.245 e. The molecule has 0 atom stereocenters. The Bertz CT molecular complexity index is 709. The highest BCUT2D eigenvalue weighted by Gasteiger charge is 2.09. The molecular weight excluding hydrogens is 294 g/mol.